The molecule has 0 radical (unpaired) electrons. The zero-order valence-corrected chi connectivity index (χ0v) is 11.0. The van der Waals surface area contributed by atoms with Gasteiger partial charge in [0.2, 0.25) is 0 Å². The van der Waals surface area contributed by atoms with Crippen molar-refractivity contribution < 1.29 is 9.53 Å². The molecule has 4 heteroatoms. The predicted molar refractivity (Wildman–Crippen MR) is 68.4 cm³/mol. The first kappa shape index (κ1) is 11.4. The number of ether oxygens (including phenoxy) is 1. The smallest absolute Gasteiger partial charge is 0.195 e. The molecule has 2 aromatic rings. The third-order valence-electron chi connectivity index (χ3n) is 2.21. The fraction of sp³-hybridized carbons (Fsp3) is 0.0833. The van der Waals surface area contributed by atoms with Crippen LogP contribution in [0.15, 0.2) is 39.5 Å². The number of benzene rings is 1. The summed E-state index contributed by atoms with van der Waals surface area (Å²) in [6.07, 6.45) is 0. The Hall–Kier alpha value is -1.13. The van der Waals surface area contributed by atoms with Crippen LogP contribution >= 0.6 is 27.3 Å². The maximum absolute atomic E-state index is 12.1. The second-order valence-electron chi connectivity index (χ2n) is 3.19. The lowest BCUT2D eigenvalue weighted by molar-refractivity contribution is 0.103. The standard InChI is InChI=1S/C12H9BrO2S/c1-15-9-4-2-8(3-5-9)12(14)10-6-16-7-11(10)13/h2-7H,1H3. The Morgan fingerprint density at radius 1 is 1.25 bits per heavy atom. The predicted octanol–water partition coefficient (Wildman–Crippen LogP) is 3.75. The van der Waals surface area contributed by atoms with Gasteiger partial charge in [-0.3, -0.25) is 4.79 Å². The highest BCUT2D eigenvalue weighted by atomic mass is 79.9. The summed E-state index contributed by atoms with van der Waals surface area (Å²) in [5.41, 5.74) is 1.37. The summed E-state index contributed by atoms with van der Waals surface area (Å²) in [6, 6.07) is 7.11. The lowest BCUT2D eigenvalue weighted by atomic mass is 10.1. The summed E-state index contributed by atoms with van der Waals surface area (Å²) in [7, 11) is 1.60. The zero-order chi connectivity index (χ0) is 11.5. The van der Waals surface area contributed by atoms with Crippen LogP contribution in [0, 0.1) is 0 Å². The van der Waals surface area contributed by atoms with Gasteiger partial charge in [0.05, 0.1) is 7.11 Å². The number of hydrogen-bond acceptors (Lipinski definition) is 3. The Labute approximate surface area is 106 Å². The molecule has 2 rings (SSSR count). The SMILES string of the molecule is COc1ccc(C(=O)c2cscc2Br)cc1. The lowest BCUT2D eigenvalue weighted by Gasteiger charge is -2.02. The van der Waals surface area contributed by atoms with Crippen molar-refractivity contribution >= 4 is 33.0 Å². The third-order valence-corrected chi connectivity index (χ3v) is 3.91. The minimum atomic E-state index is 0.0239. The van der Waals surface area contributed by atoms with E-state index in [1.807, 2.05) is 10.8 Å². The fourth-order valence-electron chi connectivity index (χ4n) is 1.34. The average Bonchev–Trinajstić information content (AvgIpc) is 2.75. The summed E-state index contributed by atoms with van der Waals surface area (Å²) in [5.74, 6) is 0.775. The van der Waals surface area contributed by atoms with Gasteiger partial charge in [-0.15, -0.1) is 0 Å². The Balaban J connectivity index is 2.31. The number of rotatable bonds is 3. The van der Waals surface area contributed by atoms with Crippen molar-refractivity contribution in [2.45, 2.75) is 0 Å². The number of carbonyl (C=O) groups is 1. The highest BCUT2D eigenvalue weighted by Gasteiger charge is 2.13. The first-order chi connectivity index (χ1) is 7.72. The van der Waals surface area contributed by atoms with Gasteiger partial charge in [-0.25, -0.2) is 0 Å². The molecule has 0 saturated carbocycles. The molecule has 0 bridgehead atoms. The van der Waals surface area contributed by atoms with E-state index < -0.39 is 0 Å². The summed E-state index contributed by atoms with van der Waals surface area (Å²) < 4.78 is 5.89. The van der Waals surface area contributed by atoms with Crippen molar-refractivity contribution in [1.29, 1.82) is 0 Å². The van der Waals surface area contributed by atoms with Crippen molar-refractivity contribution in [2.24, 2.45) is 0 Å². The first-order valence-corrected chi connectivity index (χ1v) is 6.36. The molecule has 0 unspecified atom stereocenters. The van der Waals surface area contributed by atoms with Crippen molar-refractivity contribution in [1.82, 2.24) is 0 Å². The van der Waals surface area contributed by atoms with E-state index in [2.05, 4.69) is 15.9 Å². The van der Waals surface area contributed by atoms with Gasteiger partial charge in [-0.2, -0.15) is 11.3 Å². The highest BCUT2D eigenvalue weighted by molar-refractivity contribution is 9.10. The van der Waals surface area contributed by atoms with Crippen LogP contribution in [0.25, 0.3) is 0 Å². The first-order valence-electron chi connectivity index (χ1n) is 4.63. The molecule has 1 heterocycles. The van der Waals surface area contributed by atoms with Crippen LogP contribution in [-0.2, 0) is 0 Å². The molecule has 0 aliphatic carbocycles. The van der Waals surface area contributed by atoms with Crippen molar-refractivity contribution in [3.8, 4) is 5.75 Å². The second kappa shape index (κ2) is 4.80. The quantitative estimate of drug-likeness (QED) is 0.807. The van der Waals surface area contributed by atoms with Gasteiger partial charge in [0, 0.05) is 26.4 Å². The number of hydrogen-bond donors (Lipinski definition) is 0. The van der Waals surface area contributed by atoms with E-state index in [1.54, 1.807) is 31.4 Å². The molecule has 0 aliphatic heterocycles. The van der Waals surface area contributed by atoms with E-state index in [4.69, 9.17) is 4.74 Å². The Bertz CT molecular complexity index is 502. The highest BCUT2D eigenvalue weighted by Crippen LogP contribution is 2.24. The molecule has 0 fully saturated rings. The van der Waals surface area contributed by atoms with Gasteiger partial charge in [-0.1, -0.05) is 0 Å². The third kappa shape index (κ3) is 2.18. The topological polar surface area (TPSA) is 26.3 Å². The maximum Gasteiger partial charge on any atom is 0.195 e. The monoisotopic (exact) mass is 296 g/mol. The maximum atomic E-state index is 12.1. The summed E-state index contributed by atoms with van der Waals surface area (Å²) >= 11 is 4.86. The van der Waals surface area contributed by atoms with Crippen molar-refractivity contribution in [3.05, 3.63) is 50.6 Å². The van der Waals surface area contributed by atoms with Gasteiger partial charge in [0.15, 0.2) is 5.78 Å². The van der Waals surface area contributed by atoms with Crippen LogP contribution in [0.2, 0.25) is 0 Å². The van der Waals surface area contributed by atoms with E-state index in [1.165, 1.54) is 11.3 Å². The molecule has 82 valence electrons. The van der Waals surface area contributed by atoms with E-state index in [0.29, 0.717) is 11.1 Å². The molecule has 1 aromatic heterocycles. The van der Waals surface area contributed by atoms with E-state index in [9.17, 15) is 4.79 Å². The molecule has 0 atom stereocenters. The minimum absolute atomic E-state index is 0.0239. The van der Waals surface area contributed by atoms with Gasteiger partial charge in [0.25, 0.3) is 0 Å². The van der Waals surface area contributed by atoms with E-state index in [-0.39, 0.29) is 5.78 Å². The average molecular weight is 297 g/mol. The number of ketones is 1. The molecular weight excluding hydrogens is 288 g/mol. The number of thiophene rings is 1. The van der Waals surface area contributed by atoms with Gasteiger partial charge >= 0.3 is 0 Å². The van der Waals surface area contributed by atoms with Crippen molar-refractivity contribution in [3.63, 3.8) is 0 Å². The van der Waals surface area contributed by atoms with Crippen LogP contribution in [0.1, 0.15) is 15.9 Å². The molecule has 16 heavy (non-hydrogen) atoms. The van der Waals surface area contributed by atoms with E-state index >= 15 is 0 Å². The minimum Gasteiger partial charge on any atom is -0.497 e. The molecule has 0 aliphatic rings. The number of methoxy groups -OCH3 is 1. The van der Waals surface area contributed by atoms with Gasteiger partial charge < -0.3 is 4.74 Å². The normalized spacial score (nSPS) is 10.1. The Kier molecular flexibility index (Phi) is 3.41. The van der Waals surface area contributed by atoms with Crippen LogP contribution in [0.4, 0.5) is 0 Å². The van der Waals surface area contributed by atoms with Crippen LogP contribution in [0.5, 0.6) is 5.75 Å². The Morgan fingerprint density at radius 2 is 1.94 bits per heavy atom. The molecular formula is C12H9BrO2S. The molecule has 2 nitrogen and oxygen atoms in total. The molecule has 0 N–H and O–H groups in total. The molecule has 0 spiro atoms. The van der Waals surface area contributed by atoms with Crippen LogP contribution in [-0.4, -0.2) is 12.9 Å². The lowest BCUT2D eigenvalue weighted by Crippen LogP contribution is -2.00. The van der Waals surface area contributed by atoms with Gasteiger partial charge in [0.1, 0.15) is 5.75 Å². The largest absolute Gasteiger partial charge is 0.497 e. The van der Waals surface area contributed by atoms with Crippen molar-refractivity contribution in [2.75, 3.05) is 7.11 Å². The van der Waals surface area contributed by atoms with Crippen LogP contribution < -0.4 is 4.74 Å². The summed E-state index contributed by atoms with van der Waals surface area (Å²) in [5, 5.41) is 3.74. The second-order valence-corrected chi connectivity index (χ2v) is 4.79. The van der Waals surface area contributed by atoms with Gasteiger partial charge in [-0.05, 0) is 40.2 Å². The number of carbonyl (C=O) groups excluding carboxylic acids is 1. The molecule has 1 aromatic carbocycles. The molecule has 0 saturated heterocycles. The van der Waals surface area contributed by atoms with Crippen LogP contribution in [0.3, 0.4) is 0 Å². The summed E-state index contributed by atoms with van der Waals surface area (Å²) in [4.78, 5) is 12.1. The Morgan fingerprint density at radius 3 is 2.44 bits per heavy atom. The summed E-state index contributed by atoms with van der Waals surface area (Å²) in [6.45, 7) is 0. The zero-order valence-electron chi connectivity index (χ0n) is 8.57. The number of halogens is 1. The fourth-order valence-corrected chi connectivity index (χ4v) is 2.80. The van der Waals surface area contributed by atoms with E-state index in [0.717, 1.165) is 10.2 Å². The molecule has 0 amide bonds.